The molecular weight excluding hydrogens is 809 g/mol. The molecule has 1 saturated heterocycles. The molecule has 0 saturated carbocycles. The predicted octanol–water partition coefficient (Wildman–Crippen LogP) is 7.76. The van der Waals surface area contributed by atoms with E-state index in [1.807, 2.05) is 53.4 Å². The number of rotatable bonds is 10. The summed E-state index contributed by atoms with van der Waals surface area (Å²) in [4.78, 5) is 73.2. The molecule has 4 atom stereocenters. The number of amides is 4. The van der Waals surface area contributed by atoms with Gasteiger partial charge in [0, 0.05) is 30.8 Å². The molecule has 14 heteroatoms. The highest BCUT2D eigenvalue weighted by Gasteiger charge is 2.38. The molecule has 1 aliphatic carbocycles. The van der Waals surface area contributed by atoms with Crippen molar-refractivity contribution < 1.29 is 28.7 Å². The van der Waals surface area contributed by atoms with E-state index in [0.717, 1.165) is 77.3 Å². The van der Waals surface area contributed by atoms with Gasteiger partial charge in [-0.3, -0.25) is 9.59 Å². The third kappa shape index (κ3) is 8.44. The van der Waals surface area contributed by atoms with E-state index in [2.05, 4.69) is 79.9 Å². The van der Waals surface area contributed by atoms with E-state index >= 15 is 0 Å². The van der Waals surface area contributed by atoms with Crippen molar-refractivity contribution in [3.63, 3.8) is 0 Å². The van der Waals surface area contributed by atoms with Gasteiger partial charge < -0.3 is 39.9 Å². The van der Waals surface area contributed by atoms with E-state index in [4.69, 9.17) is 14.5 Å². The van der Waals surface area contributed by atoms with Crippen molar-refractivity contribution in [3.8, 4) is 45.5 Å². The number of carbonyl (C=O) groups excluding carboxylic acids is 4. The summed E-state index contributed by atoms with van der Waals surface area (Å²) in [5, 5.41) is 5.44. The van der Waals surface area contributed by atoms with Gasteiger partial charge in [0.05, 0.1) is 37.8 Å². The Morgan fingerprint density at radius 2 is 1.36 bits per heavy atom. The van der Waals surface area contributed by atoms with Gasteiger partial charge in [0.15, 0.2) is 6.04 Å². The van der Waals surface area contributed by atoms with Crippen molar-refractivity contribution in [2.75, 3.05) is 27.3 Å². The van der Waals surface area contributed by atoms with E-state index in [9.17, 15) is 19.2 Å². The number of fused-ring (bicyclic) bond motifs is 3. The Balaban J connectivity index is 0.917. The predicted molar refractivity (Wildman–Crippen MR) is 239 cm³/mol. The van der Waals surface area contributed by atoms with E-state index in [-0.39, 0.29) is 17.9 Å². The van der Waals surface area contributed by atoms with Crippen molar-refractivity contribution >= 4 is 24.0 Å². The fourth-order valence-electron chi connectivity index (χ4n) is 8.99. The first kappa shape index (κ1) is 41.7. The fourth-order valence-corrected chi connectivity index (χ4v) is 8.99. The molecule has 0 spiro atoms. The number of benzene rings is 4. The van der Waals surface area contributed by atoms with E-state index in [0.29, 0.717) is 36.5 Å². The molecule has 324 valence electrons. The van der Waals surface area contributed by atoms with E-state index < -0.39 is 30.3 Å². The molecule has 3 aliphatic rings. The molecule has 4 N–H and O–H groups in total. The van der Waals surface area contributed by atoms with Gasteiger partial charge in [-0.2, -0.15) is 0 Å². The lowest BCUT2D eigenvalue weighted by Gasteiger charge is -2.32. The molecular formula is C50H48N8O6. The summed E-state index contributed by atoms with van der Waals surface area (Å²) in [5.41, 5.74) is 9.48. The van der Waals surface area contributed by atoms with Crippen LogP contribution < -0.4 is 10.6 Å². The monoisotopic (exact) mass is 856 g/mol. The molecule has 0 radical (unpaired) electrons. The smallest absolute Gasteiger partial charge is 0.407 e. The zero-order chi connectivity index (χ0) is 44.2. The Morgan fingerprint density at radius 1 is 0.719 bits per heavy atom. The summed E-state index contributed by atoms with van der Waals surface area (Å²) in [6, 6.07) is 30.4. The van der Waals surface area contributed by atoms with Crippen molar-refractivity contribution in [2.24, 2.45) is 0 Å². The fraction of sp³-hybridized carbons (Fsp3) is 0.280. The second-order valence-corrected chi connectivity index (χ2v) is 16.1. The number of carbonyl (C=O) groups is 4. The SMILES string of the molecule is COC(=O)N[C@@H](C(=O)N1CCC#C[C@H]1c1ncc(-c2ccc(-c3ccc4c(c3)CCCc3[nH]c([C@@H]5CCCN5C(=O)[C@H](NC(=O)OC)c5ccccc5)nc3-4)cc2)[nH]1)c1ccccc1. The number of aromatic nitrogens is 4. The summed E-state index contributed by atoms with van der Waals surface area (Å²) in [6.07, 6.45) is 5.15. The van der Waals surface area contributed by atoms with Gasteiger partial charge in [-0.05, 0) is 65.5 Å². The van der Waals surface area contributed by atoms with Gasteiger partial charge >= 0.3 is 12.2 Å². The summed E-state index contributed by atoms with van der Waals surface area (Å²) in [5.74, 6) is 7.12. The molecule has 4 heterocycles. The Morgan fingerprint density at radius 3 is 2.03 bits per heavy atom. The summed E-state index contributed by atoms with van der Waals surface area (Å²) in [7, 11) is 2.56. The van der Waals surface area contributed by atoms with Crippen LogP contribution in [0.3, 0.4) is 0 Å². The normalized spacial score (nSPS) is 17.4. The minimum atomic E-state index is -0.956. The quantitative estimate of drug-likeness (QED) is 0.101. The summed E-state index contributed by atoms with van der Waals surface area (Å²) >= 11 is 0. The highest BCUT2D eigenvalue weighted by molar-refractivity contribution is 5.88. The average Bonchev–Trinajstić information content (AvgIpc) is 4.12. The lowest BCUT2D eigenvalue weighted by Crippen LogP contribution is -2.45. The molecule has 64 heavy (non-hydrogen) atoms. The third-order valence-electron chi connectivity index (χ3n) is 12.2. The molecule has 9 rings (SSSR count). The van der Waals surface area contributed by atoms with Gasteiger partial charge in [-0.25, -0.2) is 19.6 Å². The van der Waals surface area contributed by atoms with Crippen LogP contribution in [0.1, 0.15) is 83.9 Å². The van der Waals surface area contributed by atoms with Crippen LogP contribution in [-0.2, 0) is 31.9 Å². The van der Waals surface area contributed by atoms with Crippen LogP contribution in [0, 0.1) is 11.8 Å². The van der Waals surface area contributed by atoms with E-state index in [1.54, 1.807) is 23.2 Å². The lowest BCUT2D eigenvalue weighted by molar-refractivity contribution is -0.135. The number of alkyl carbamates (subject to hydrolysis) is 2. The van der Waals surface area contributed by atoms with Crippen LogP contribution in [0.5, 0.6) is 0 Å². The van der Waals surface area contributed by atoms with Crippen LogP contribution in [0.2, 0.25) is 0 Å². The molecule has 0 unspecified atom stereocenters. The number of H-pyrrole nitrogens is 2. The highest BCUT2D eigenvalue weighted by Crippen LogP contribution is 2.39. The number of hydrogen-bond donors (Lipinski definition) is 4. The maximum absolute atomic E-state index is 14.1. The van der Waals surface area contributed by atoms with Crippen molar-refractivity contribution in [3.05, 3.63) is 143 Å². The zero-order valence-electron chi connectivity index (χ0n) is 35.6. The zero-order valence-corrected chi connectivity index (χ0v) is 35.6. The Kier molecular flexibility index (Phi) is 12.0. The Labute approximate surface area is 370 Å². The number of aromatic amines is 2. The molecule has 2 aromatic heterocycles. The first-order valence-corrected chi connectivity index (χ1v) is 21.6. The standard InChI is InChI=1S/C50H48N8O6/c1-63-49(61)55-42(33-13-5-3-6-14-33)47(59)57-27-10-9-19-40(57)45-51-30-39(53-45)32-23-21-31(22-24-32)35-25-26-37-36(29-35)17-11-18-38-44(37)54-46(52-38)41-20-12-28-58(41)48(60)43(56-50(62)64-2)34-15-7-4-8-16-34/h3-8,13-16,21-26,29-30,40-43H,10-12,17-18,20,27-28H2,1-2H3,(H,51,53)(H,52,54)(H,55,61)(H,56,62)/t40-,41-,42+,43+/m0/s1. The van der Waals surface area contributed by atoms with Crippen LogP contribution >= 0.6 is 0 Å². The Hall–Kier alpha value is -7.66. The van der Waals surface area contributed by atoms with Crippen molar-refractivity contribution in [2.45, 2.75) is 62.7 Å². The van der Waals surface area contributed by atoms with Crippen molar-refractivity contribution in [1.29, 1.82) is 0 Å². The molecule has 14 nitrogen and oxygen atoms in total. The first-order chi connectivity index (χ1) is 31.3. The number of likely N-dealkylation sites (tertiary alicyclic amines) is 1. The van der Waals surface area contributed by atoms with Crippen LogP contribution in [0.25, 0.3) is 33.6 Å². The molecule has 4 aromatic carbocycles. The number of nitrogens with zero attached hydrogens (tertiary/aromatic N) is 4. The molecule has 4 amide bonds. The molecule has 6 aromatic rings. The van der Waals surface area contributed by atoms with Crippen LogP contribution in [0.4, 0.5) is 9.59 Å². The average molecular weight is 857 g/mol. The van der Waals surface area contributed by atoms with E-state index in [1.165, 1.54) is 19.8 Å². The molecule has 0 bridgehead atoms. The van der Waals surface area contributed by atoms with Gasteiger partial charge in [0.1, 0.15) is 23.7 Å². The van der Waals surface area contributed by atoms with Gasteiger partial charge in [0.2, 0.25) is 0 Å². The highest BCUT2D eigenvalue weighted by atomic mass is 16.5. The number of ether oxygens (including phenoxy) is 2. The minimum Gasteiger partial charge on any atom is -0.453 e. The Bertz CT molecular complexity index is 2740. The van der Waals surface area contributed by atoms with Gasteiger partial charge in [-0.15, -0.1) is 0 Å². The first-order valence-electron chi connectivity index (χ1n) is 21.6. The van der Waals surface area contributed by atoms with Crippen LogP contribution in [-0.4, -0.2) is 81.0 Å². The minimum absolute atomic E-state index is 0.199. The maximum Gasteiger partial charge on any atom is 0.407 e. The van der Waals surface area contributed by atoms with Gasteiger partial charge in [-0.1, -0.05) is 115 Å². The number of aryl methyl sites for hydroxylation is 2. The second kappa shape index (κ2) is 18.4. The number of hydrogen-bond acceptors (Lipinski definition) is 8. The third-order valence-corrected chi connectivity index (χ3v) is 12.2. The largest absolute Gasteiger partial charge is 0.453 e. The van der Waals surface area contributed by atoms with Crippen LogP contribution in [0.15, 0.2) is 109 Å². The van der Waals surface area contributed by atoms with Gasteiger partial charge in [0.25, 0.3) is 11.8 Å². The lowest BCUT2D eigenvalue weighted by atomic mass is 9.95. The second-order valence-electron chi connectivity index (χ2n) is 16.1. The number of methoxy groups -OCH3 is 2. The summed E-state index contributed by atoms with van der Waals surface area (Å²) < 4.78 is 9.72. The molecule has 2 aliphatic heterocycles. The molecule has 1 fully saturated rings. The summed E-state index contributed by atoms with van der Waals surface area (Å²) in [6.45, 7) is 0.938. The number of nitrogens with one attached hydrogen (secondary N) is 4. The maximum atomic E-state index is 14.1. The topological polar surface area (TPSA) is 175 Å². The number of imidazole rings is 2. The van der Waals surface area contributed by atoms with Crippen molar-refractivity contribution in [1.82, 2.24) is 40.4 Å².